The Morgan fingerprint density at radius 3 is 2.00 bits per heavy atom. The summed E-state index contributed by atoms with van der Waals surface area (Å²) in [6, 6.07) is 0. The van der Waals surface area contributed by atoms with Gasteiger partial charge in [-0.15, -0.1) is 0 Å². The maximum Gasteiger partial charge on any atom is -0.0201 e. The van der Waals surface area contributed by atoms with Crippen LogP contribution in [0.3, 0.4) is 0 Å². The largest absolute Gasteiger partial charge is 0.0857 e. The van der Waals surface area contributed by atoms with Gasteiger partial charge in [0.2, 0.25) is 0 Å². The molecule has 0 aromatic heterocycles. The minimum Gasteiger partial charge on any atom is -0.0857 e. The van der Waals surface area contributed by atoms with Crippen LogP contribution in [-0.4, -0.2) is 0 Å². The molecule has 7 heavy (non-hydrogen) atoms. The Balaban J connectivity index is 3.08. The molecule has 0 rings (SSSR count). The summed E-state index contributed by atoms with van der Waals surface area (Å²) in [4.78, 5) is 0. The van der Waals surface area contributed by atoms with Crippen LogP contribution in [0.25, 0.3) is 0 Å². The smallest absolute Gasteiger partial charge is 0.0201 e. The molecule has 0 aliphatic carbocycles. The van der Waals surface area contributed by atoms with E-state index in [4.69, 9.17) is 0 Å². The molecule has 0 saturated carbocycles. The Morgan fingerprint density at radius 2 is 1.86 bits per heavy atom. The predicted molar refractivity (Wildman–Crippen MR) is 34.0 cm³/mol. The second-order valence-corrected chi connectivity index (χ2v) is 1.96. The molecule has 0 unspecified atom stereocenters. The van der Waals surface area contributed by atoms with Gasteiger partial charge in [0.15, 0.2) is 0 Å². The van der Waals surface area contributed by atoms with Gasteiger partial charge in [0.05, 0.1) is 0 Å². The molecule has 0 N–H and O–H groups in total. The van der Waals surface area contributed by atoms with Crippen molar-refractivity contribution < 1.29 is 0 Å². The summed E-state index contributed by atoms with van der Waals surface area (Å²) in [5.41, 5.74) is 0. The molecular formula is C7H13. The molecular weight excluding hydrogens is 84.1 g/mol. The highest BCUT2D eigenvalue weighted by Gasteiger charge is 1.78. The van der Waals surface area contributed by atoms with Crippen molar-refractivity contribution in [2.45, 2.75) is 20.8 Å². The van der Waals surface area contributed by atoms with Crippen LogP contribution in [0.2, 0.25) is 0 Å². The summed E-state index contributed by atoms with van der Waals surface area (Å²) in [7, 11) is 0. The van der Waals surface area contributed by atoms with Crippen molar-refractivity contribution in [2.75, 3.05) is 0 Å². The highest BCUT2D eigenvalue weighted by molar-refractivity contribution is 4.92. The average Bonchev–Trinajstić information content (AvgIpc) is 1.61. The fourth-order valence-electron chi connectivity index (χ4n) is 0.333. The van der Waals surface area contributed by atoms with Crippen LogP contribution in [0.4, 0.5) is 0 Å². The molecule has 0 bridgehead atoms. The minimum atomic E-state index is 0.691. The normalized spacial score (nSPS) is 11.4. The van der Waals surface area contributed by atoms with Crippen molar-refractivity contribution >= 4 is 0 Å². The number of allylic oxidation sites excluding steroid dienone is 2. The van der Waals surface area contributed by atoms with Crippen LogP contribution in [0, 0.1) is 12.3 Å². The first-order valence-electron chi connectivity index (χ1n) is 2.73. The Bertz CT molecular complexity index is 51.1. The van der Waals surface area contributed by atoms with E-state index in [1.54, 1.807) is 0 Å². The Morgan fingerprint density at radius 1 is 1.29 bits per heavy atom. The van der Waals surface area contributed by atoms with Crippen molar-refractivity contribution in [3.05, 3.63) is 18.6 Å². The van der Waals surface area contributed by atoms with Crippen LogP contribution >= 0.6 is 0 Å². The number of hydrogen-bond donors (Lipinski definition) is 0. The fraction of sp³-hybridized carbons (Fsp3) is 0.571. The third kappa shape index (κ3) is 5.74. The molecule has 0 heterocycles. The van der Waals surface area contributed by atoms with Crippen molar-refractivity contribution in [3.8, 4) is 0 Å². The molecule has 0 amide bonds. The third-order valence-electron chi connectivity index (χ3n) is 0.688. The molecule has 0 fully saturated rings. The average molecular weight is 97.2 g/mol. The van der Waals surface area contributed by atoms with Gasteiger partial charge >= 0.3 is 0 Å². The maximum atomic E-state index is 2.17. The van der Waals surface area contributed by atoms with Crippen molar-refractivity contribution in [3.63, 3.8) is 0 Å². The van der Waals surface area contributed by atoms with Crippen LogP contribution in [0.15, 0.2) is 12.2 Å². The summed E-state index contributed by atoms with van der Waals surface area (Å²) < 4.78 is 0. The molecule has 0 spiro atoms. The summed E-state index contributed by atoms with van der Waals surface area (Å²) in [6.45, 7) is 6.36. The molecule has 1 radical (unpaired) electrons. The molecule has 0 heteroatoms. The van der Waals surface area contributed by atoms with Gasteiger partial charge in [-0.05, 0) is 12.3 Å². The van der Waals surface area contributed by atoms with Gasteiger partial charge < -0.3 is 0 Å². The molecule has 0 nitrogen and oxygen atoms in total. The first-order valence-corrected chi connectivity index (χ1v) is 2.73. The highest BCUT2D eigenvalue weighted by atomic mass is 13.8. The first kappa shape index (κ1) is 6.74. The van der Waals surface area contributed by atoms with Gasteiger partial charge in [0.1, 0.15) is 0 Å². The Hall–Kier alpha value is -0.260. The zero-order valence-electron chi connectivity index (χ0n) is 5.31. The van der Waals surface area contributed by atoms with Gasteiger partial charge in [0, 0.05) is 0 Å². The van der Waals surface area contributed by atoms with Crippen LogP contribution < -0.4 is 0 Å². The molecule has 0 aromatic rings. The van der Waals surface area contributed by atoms with Crippen molar-refractivity contribution in [1.82, 2.24) is 0 Å². The van der Waals surface area contributed by atoms with Gasteiger partial charge in [-0.1, -0.05) is 32.9 Å². The monoisotopic (exact) mass is 97.1 g/mol. The molecule has 0 atom stereocenters. The van der Waals surface area contributed by atoms with E-state index >= 15 is 0 Å². The highest BCUT2D eigenvalue weighted by Crippen LogP contribution is 1.92. The third-order valence-corrected chi connectivity index (χ3v) is 0.688. The van der Waals surface area contributed by atoms with E-state index in [1.807, 2.05) is 13.3 Å². The minimum absolute atomic E-state index is 0.691. The van der Waals surface area contributed by atoms with Crippen LogP contribution in [0.5, 0.6) is 0 Å². The molecule has 0 aliphatic heterocycles. The molecule has 0 aromatic carbocycles. The van der Waals surface area contributed by atoms with Gasteiger partial charge in [-0.2, -0.15) is 0 Å². The lowest BCUT2D eigenvalue weighted by atomic mass is 10.2. The van der Waals surface area contributed by atoms with Crippen LogP contribution in [-0.2, 0) is 0 Å². The van der Waals surface area contributed by atoms with Crippen molar-refractivity contribution in [2.24, 2.45) is 5.92 Å². The standard InChI is InChI=1S/C7H13/c1-4-5-6-7(2)3/h4-7H,1-3H3/b6-5+. The zero-order valence-corrected chi connectivity index (χ0v) is 5.31. The molecule has 41 valence electrons. The number of rotatable bonds is 2. The van der Waals surface area contributed by atoms with E-state index in [0.29, 0.717) is 5.92 Å². The summed E-state index contributed by atoms with van der Waals surface area (Å²) in [5, 5.41) is 0. The second-order valence-electron chi connectivity index (χ2n) is 1.96. The fourth-order valence-corrected chi connectivity index (χ4v) is 0.333. The van der Waals surface area contributed by atoms with E-state index in [2.05, 4.69) is 26.0 Å². The number of hydrogen-bond acceptors (Lipinski definition) is 0. The van der Waals surface area contributed by atoms with E-state index in [1.165, 1.54) is 0 Å². The van der Waals surface area contributed by atoms with Gasteiger partial charge in [-0.25, -0.2) is 0 Å². The quantitative estimate of drug-likeness (QED) is 0.496. The molecule has 0 aliphatic rings. The maximum absolute atomic E-state index is 2.17. The van der Waals surface area contributed by atoms with E-state index in [9.17, 15) is 0 Å². The predicted octanol–water partition coefficient (Wildman–Crippen LogP) is 2.42. The van der Waals surface area contributed by atoms with Crippen LogP contribution in [0.1, 0.15) is 20.8 Å². The Labute approximate surface area is 46.2 Å². The lowest BCUT2D eigenvalue weighted by Crippen LogP contribution is -1.74. The zero-order chi connectivity index (χ0) is 5.70. The molecule has 0 saturated heterocycles. The van der Waals surface area contributed by atoms with Gasteiger partial charge in [0.25, 0.3) is 0 Å². The van der Waals surface area contributed by atoms with Crippen molar-refractivity contribution in [1.29, 1.82) is 0 Å². The SMILES string of the molecule is C[CH]/C=C/C(C)C. The lowest BCUT2D eigenvalue weighted by molar-refractivity contribution is 0.830. The van der Waals surface area contributed by atoms with Gasteiger partial charge in [-0.3, -0.25) is 0 Å². The summed E-state index contributed by atoms with van der Waals surface area (Å²) in [5.74, 6) is 0.691. The first-order chi connectivity index (χ1) is 3.27. The van der Waals surface area contributed by atoms with E-state index in [-0.39, 0.29) is 0 Å². The van der Waals surface area contributed by atoms with E-state index < -0.39 is 0 Å². The topological polar surface area (TPSA) is 0 Å². The van der Waals surface area contributed by atoms with E-state index in [0.717, 1.165) is 0 Å². The summed E-state index contributed by atoms with van der Waals surface area (Å²) in [6.07, 6.45) is 6.28. The summed E-state index contributed by atoms with van der Waals surface area (Å²) >= 11 is 0. The Kier molecular flexibility index (Phi) is 3.77. The lowest BCUT2D eigenvalue weighted by Gasteiger charge is -1.88. The second kappa shape index (κ2) is 3.91.